The van der Waals surface area contributed by atoms with Gasteiger partial charge >= 0.3 is 0 Å². The Morgan fingerprint density at radius 2 is 1.94 bits per heavy atom. The summed E-state index contributed by atoms with van der Waals surface area (Å²) in [7, 11) is 0. The molecule has 32 heavy (non-hydrogen) atoms. The summed E-state index contributed by atoms with van der Waals surface area (Å²) >= 11 is 13.5. The van der Waals surface area contributed by atoms with Crippen LogP contribution in [0.5, 0.6) is 0 Å². The van der Waals surface area contributed by atoms with E-state index in [1.165, 1.54) is 11.8 Å². The van der Waals surface area contributed by atoms with Crippen LogP contribution < -0.4 is 5.32 Å². The molecule has 1 unspecified atom stereocenters. The molecule has 4 aromatic rings. The summed E-state index contributed by atoms with van der Waals surface area (Å²) in [6.07, 6.45) is 1.63. The second kappa shape index (κ2) is 9.81. The Morgan fingerprint density at radius 3 is 2.62 bits per heavy atom. The summed E-state index contributed by atoms with van der Waals surface area (Å²) < 4.78 is 7.46. The van der Waals surface area contributed by atoms with Crippen LogP contribution in [0.15, 0.2) is 70.4 Å². The minimum absolute atomic E-state index is 0.200. The lowest BCUT2D eigenvalue weighted by Gasteiger charge is -2.14. The number of aryl methyl sites for hydroxylation is 1. The van der Waals surface area contributed by atoms with E-state index in [2.05, 4.69) is 15.5 Å². The molecule has 2 heterocycles. The van der Waals surface area contributed by atoms with Gasteiger partial charge in [0.05, 0.1) is 34.3 Å². The van der Waals surface area contributed by atoms with Gasteiger partial charge in [-0.1, -0.05) is 65.3 Å². The molecule has 0 aliphatic heterocycles. The van der Waals surface area contributed by atoms with Gasteiger partial charge in [0.2, 0.25) is 5.91 Å². The first kappa shape index (κ1) is 22.5. The van der Waals surface area contributed by atoms with Gasteiger partial charge in [-0.3, -0.25) is 9.36 Å². The number of thioether (sulfide) groups is 1. The fraction of sp³-hybridized carbons (Fsp3) is 0.174. The van der Waals surface area contributed by atoms with Crippen LogP contribution >= 0.6 is 35.0 Å². The summed E-state index contributed by atoms with van der Waals surface area (Å²) in [6.45, 7) is 4.26. The maximum absolute atomic E-state index is 12.8. The zero-order chi connectivity index (χ0) is 22.7. The zero-order valence-corrected chi connectivity index (χ0v) is 19.7. The zero-order valence-electron chi connectivity index (χ0n) is 17.4. The number of halogens is 2. The molecular formula is C23H20Cl2N4O2S. The normalized spacial score (nSPS) is 12.0. The average molecular weight is 487 g/mol. The molecule has 6 nitrogen and oxygen atoms in total. The van der Waals surface area contributed by atoms with E-state index in [9.17, 15) is 4.79 Å². The largest absolute Gasteiger partial charge is 0.469 e. The highest BCUT2D eigenvalue weighted by Gasteiger charge is 2.23. The van der Waals surface area contributed by atoms with Crippen molar-refractivity contribution in [1.29, 1.82) is 0 Å². The molecule has 0 radical (unpaired) electrons. The molecule has 1 N–H and O–H groups in total. The Balaban J connectivity index is 1.59. The van der Waals surface area contributed by atoms with Crippen LogP contribution in [0.1, 0.15) is 18.2 Å². The predicted octanol–water partition coefficient (Wildman–Crippen LogP) is 6.32. The van der Waals surface area contributed by atoms with Crippen LogP contribution in [0.4, 0.5) is 5.69 Å². The smallest absolute Gasteiger partial charge is 0.237 e. The molecule has 0 aliphatic carbocycles. The van der Waals surface area contributed by atoms with E-state index in [1.54, 1.807) is 24.5 Å². The van der Waals surface area contributed by atoms with Crippen molar-refractivity contribution in [3.63, 3.8) is 0 Å². The van der Waals surface area contributed by atoms with Crippen LogP contribution in [0, 0.1) is 6.92 Å². The second-order valence-corrected chi connectivity index (χ2v) is 9.29. The Kier molecular flexibility index (Phi) is 6.89. The fourth-order valence-electron chi connectivity index (χ4n) is 3.14. The van der Waals surface area contributed by atoms with Gasteiger partial charge in [-0.15, -0.1) is 10.2 Å². The van der Waals surface area contributed by atoms with E-state index in [4.69, 9.17) is 27.6 Å². The van der Waals surface area contributed by atoms with Crippen molar-refractivity contribution in [3.8, 4) is 11.4 Å². The fourth-order valence-corrected chi connectivity index (χ4v) is 4.44. The molecule has 0 fully saturated rings. The van der Waals surface area contributed by atoms with Gasteiger partial charge in [-0.2, -0.15) is 0 Å². The Morgan fingerprint density at radius 1 is 1.16 bits per heavy atom. The molecule has 0 aliphatic rings. The van der Waals surface area contributed by atoms with Gasteiger partial charge in [-0.05, 0) is 43.7 Å². The SMILES string of the molecule is Cc1occc1-c1nnc(SC(C)C(=O)Nc2ccc(Cl)cc2Cl)n1Cc1ccccc1. The molecule has 0 saturated carbocycles. The van der Waals surface area contributed by atoms with Crippen LogP contribution in [-0.4, -0.2) is 25.9 Å². The predicted molar refractivity (Wildman–Crippen MR) is 128 cm³/mol. The second-order valence-electron chi connectivity index (χ2n) is 7.14. The van der Waals surface area contributed by atoms with E-state index in [1.807, 2.05) is 54.8 Å². The minimum Gasteiger partial charge on any atom is -0.469 e. The molecule has 0 bridgehead atoms. The number of anilines is 1. The van der Waals surface area contributed by atoms with Gasteiger partial charge in [-0.25, -0.2) is 0 Å². The van der Waals surface area contributed by atoms with Crippen molar-refractivity contribution < 1.29 is 9.21 Å². The lowest BCUT2D eigenvalue weighted by atomic mass is 10.2. The van der Waals surface area contributed by atoms with Crippen molar-refractivity contribution in [2.24, 2.45) is 0 Å². The molecule has 1 amide bonds. The minimum atomic E-state index is -0.446. The first-order valence-electron chi connectivity index (χ1n) is 9.86. The first-order valence-corrected chi connectivity index (χ1v) is 11.5. The van der Waals surface area contributed by atoms with Crippen molar-refractivity contribution in [3.05, 3.63) is 82.2 Å². The lowest BCUT2D eigenvalue weighted by molar-refractivity contribution is -0.115. The Labute approximate surface area is 199 Å². The molecule has 164 valence electrons. The number of rotatable bonds is 7. The van der Waals surface area contributed by atoms with Crippen LogP contribution in [0.3, 0.4) is 0 Å². The quantitative estimate of drug-likeness (QED) is 0.309. The van der Waals surface area contributed by atoms with Crippen molar-refractivity contribution in [1.82, 2.24) is 14.8 Å². The van der Waals surface area contributed by atoms with E-state index < -0.39 is 5.25 Å². The summed E-state index contributed by atoms with van der Waals surface area (Å²) in [4.78, 5) is 12.8. The summed E-state index contributed by atoms with van der Waals surface area (Å²) in [5.41, 5.74) is 2.47. The summed E-state index contributed by atoms with van der Waals surface area (Å²) in [6, 6.07) is 16.8. The first-order chi connectivity index (χ1) is 15.4. The summed E-state index contributed by atoms with van der Waals surface area (Å²) in [5, 5.41) is 12.7. The molecule has 0 spiro atoms. The number of benzene rings is 2. The van der Waals surface area contributed by atoms with E-state index in [0.717, 1.165) is 16.9 Å². The van der Waals surface area contributed by atoms with Crippen molar-refractivity contribution in [2.75, 3.05) is 5.32 Å². The molecular weight excluding hydrogens is 467 g/mol. The number of carbonyl (C=O) groups is 1. The Bertz CT molecular complexity index is 1240. The topological polar surface area (TPSA) is 72.9 Å². The highest BCUT2D eigenvalue weighted by atomic mass is 35.5. The highest BCUT2D eigenvalue weighted by Crippen LogP contribution is 2.31. The molecule has 4 rings (SSSR count). The third-order valence-electron chi connectivity index (χ3n) is 4.84. The average Bonchev–Trinajstić information content (AvgIpc) is 3.36. The number of amides is 1. The van der Waals surface area contributed by atoms with Gasteiger partial charge < -0.3 is 9.73 Å². The number of hydrogen-bond donors (Lipinski definition) is 1. The van der Waals surface area contributed by atoms with Gasteiger partial charge in [0.1, 0.15) is 5.76 Å². The maximum atomic E-state index is 12.8. The summed E-state index contributed by atoms with van der Waals surface area (Å²) in [5.74, 6) is 1.25. The van der Waals surface area contributed by atoms with Crippen molar-refractivity contribution in [2.45, 2.75) is 30.8 Å². The maximum Gasteiger partial charge on any atom is 0.237 e. The molecule has 2 aromatic carbocycles. The van der Waals surface area contributed by atoms with Crippen molar-refractivity contribution >= 4 is 46.6 Å². The molecule has 9 heteroatoms. The van der Waals surface area contributed by atoms with E-state index in [-0.39, 0.29) is 5.91 Å². The van der Waals surface area contributed by atoms with E-state index >= 15 is 0 Å². The van der Waals surface area contributed by atoms with Crippen LogP contribution in [0.2, 0.25) is 10.0 Å². The van der Waals surface area contributed by atoms with Gasteiger partial charge in [0.15, 0.2) is 11.0 Å². The number of nitrogens with one attached hydrogen (secondary N) is 1. The molecule has 2 aromatic heterocycles. The highest BCUT2D eigenvalue weighted by molar-refractivity contribution is 8.00. The number of carbonyl (C=O) groups excluding carboxylic acids is 1. The van der Waals surface area contributed by atoms with Crippen LogP contribution in [0.25, 0.3) is 11.4 Å². The number of furan rings is 1. The van der Waals surface area contributed by atoms with E-state index in [0.29, 0.717) is 33.3 Å². The lowest BCUT2D eigenvalue weighted by Crippen LogP contribution is -2.23. The molecule has 1 atom stereocenters. The Hall–Kier alpha value is -2.74. The van der Waals surface area contributed by atoms with Gasteiger partial charge in [0, 0.05) is 5.02 Å². The monoisotopic (exact) mass is 486 g/mol. The number of nitrogens with zero attached hydrogens (tertiary/aromatic N) is 3. The standard InChI is InChI=1S/C23H20Cl2N4O2S/c1-14-18(10-11-31-14)21-27-28-23(29(21)13-16-6-4-3-5-7-16)32-15(2)22(30)26-20-9-8-17(24)12-19(20)25/h3-12,15H,13H2,1-2H3,(H,26,30). The third kappa shape index (κ3) is 5.01. The van der Waals surface area contributed by atoms with Gasteiger partial charge in [0.25, 0.3) is 0 Å². The third-order valence-corrected chi connectivity index (χ3v) is 6.47. The van der Waals surface area contributed by atoms with Crippen LogP contribution in [-0.2, 0) is 11.3 Å². The molecule has 0 saturated heterocycles. The number of hydrogen-bond acceptors (Lipinski definition) is 5. The number of aromatic nitrogens is 3.